The van der Waals surface area contributed by atoms with Crippen LogP contribution in [0.5, 0.6) is 5.75 Å². The van der Waals surface area contributed by atoms with Crippen molar-refractivity contribution in [1.82, 2.24) is 4.57 Å². The molecule has 0 bridgehead atoms. The third-order valence-corrected chi connectivity index (χ3v) is 8.19. The zero-order chi connectivity index (χ0) is 29.1. The average molecular weight is 563 g/mol. The van der Waals surface area contributed by atoms with Crippen LogP contribution in [0.3, 0.4) is 0 Å². The molecule has 2 heterocycles. The highest BCUT2D eigenvalue weighted by atomic mass is 32.1. The molecule has 0 radical (unpaired) electrons. The maximum Gasteiger partial charge on any atom is 0.338 e. The number of hydrogen-bond acceptors (Lipinski definition) is 7. The predicted molar refractivity (Wildman–Crippen MR) is 159 cm³/mol. The fraction of sp³-hybridized carbons (Fsp3) is 0.406. The van der Waals surface area contributed by atoms with E-state index < -0.39 is 12.0 Å². The van der Waals surface area contributed by atoms with Gasteiger partial charge in [0.05, 0.1) is 35.6 Å². The van der Waals surface area contributed by atoms with Gasteiger partial charge < -0.3 is 14.2 Å². The number of thiazole rings is 1. The molecule has 2 aromatic carbocycles. The smallest absolute Gasteiger partial charge is 0.338 e. The lowest BCUT2D eigenvalue weighted by molar-refractivity contribution is -0.140. The topological polar surface area (TPSA) is 79.1 Å². The summed E-state index contributed by atoms with van der Waals surface area (Å²) in [5, 5.41) is 0. The van der Waals surface area contributed by atoms with Crippen molar-refractivity contribution in [1.29, 1.82) is 0 Å². The second kappa shape index (κ2) is 12.4. The maximum atomic E-state index is 14.0. The van der Waals surface area contributed by atoms with Gasteiger partial charge >= 0.3 is 5.97 Å². The molecule has 0 N–H and O–H groups in total. The van der Waals surface area contributed by atoms with Crippen molar-refractivity contribution in [2.45, 2.75) is 59.4 Å². The Morgan fingerprint density at radius 2 is 1.75 bits per heavy atom. The van der Waals surface area contributed by atoms with Gasteiger partial charge in [-0.2, -0.15) is 0 Å². The Bertz CT molecular complexity index is 1610. The van der Waals surface area contributed by atoms with Crippen LogP contribution in [0.1, 0.15) is 80.3 Å². The van der Waals surface area contributed by atoms with Crippen LogP contribution in [0.25, 0.3) is 6.08 Å². The van der Waals surface area contributed by atoms with Crippen LogP contribution in [0, 0.1) is 6.92 Å². The Labute approximate surface area is 239 Å². The van der Waals surface area contributed by atoms with Crippen molar-refractivity contribution >= 4 is 23.4 Å². The van der Waals surface area contributed by atoms with E-state index in [1.807, 2.05) is 43.3 Å². The van der Waals surface area contributed by atoms with Gasteiger partial charge in [-0.05, 0) is 71.7 Å². The first kappa shape index (κ1) is 29.5. The highest BCUT2D eigenvalue weighted by Crippen LogP contribution is 2.32. The minimum absolute atomic E-state index is 0.116. The van der Waals surface area contributed by atoms with E-state index in [-0.39, 0.29) is 24.7 Å². The highest BCUT2D eigenvalue weighted by Gasteiger charge is 2.33. The number of esters is 1. The monoisotopic (exact) mass is 562 g/mol. The number of rotatable bonds is 9. The molecule has 0 aliphatic carbocycles. The van der Waals surface area contributed by atoms with E-state index in [9.17, 15) is 9.59 Å². The van der Waals surface area contributed by atoms with Gasteiger partial charge in [-0.25, -0.2) is 9.79 Å². The normalized spacial score (nSPS) is 15.4. The largest absolute Gasteiger partial charge is 0.496 e. The molecule has 7 nitrogen and oxygen atoms in total. The number of carbonyl (C=O) groups is 1. The van der Waals surface area contributed by atoms with Gasteiger partial charge in [0, 0.05) is 7.11 Å². The Hall–Kier alpha value is -3.49. The maximum absolute atomic E-state index is 14.0. The minimum Gasteiger partial charge on any atom is -0.496 e. The van der Waals surface area contributed by atoms with Crippen LogP contribution in [-0.2, 0) is 14.3 Å². The van der Waals surface area contributed by atoms with E-state index >= 15 is 0 Å². The molecule has 0 saturated heterocycles. The predicted octanol–water partition coefficient (Wildman–Crippen LogP) is 4.99. The Morgan fingerprint density at radius 1 is 1.05 bits per heavy atom. The van der Waals surface area contributed by atoms with Gasteiger partial charge in [0.2, 0.25) is 0 Å². The number of ether oxygens (including phenoxy) is 3. The van der Waals surface area contributed by atoms with Crippen LogP contribution in [0.4, 0.5) is 0 Å². The number of aryl methyl sites for hydroxylation is 1. The fourth-order valence-corrected chi connectivity index (χ4v) is 5.93. The second-order valence-corrected chi connectivity index (χ2v) is 11.6. The number of nitrogens with zero attached hydrogens (tertiary/aromatic N) is 2. The Kier molecular flexibility index (Phi) is 9.11. The number of hydrogen-bond donors (Lipinski definition) is 0. The van der Waals surface area contributed by atoms with Gasteiger partial charge in [-0.3, -0.25) is 9.36 Å². The third-order valence-electron chi connectivity index (χ3n) is 7.21. The summed E-state index contributed by atoms with van der Waals surface area (Å²) >= 11 is 1.33. The lowest BCUT2D eigenvalue weighted by Crippen LogP contribution is -2.40. The fourth-order valence-electron chi connectivity index (χ4n) is 4.90. The zero-order valence-corrected chi connectivity index (χ0v) is 25.3. The molecular formula is C32H38N2O5S. The molecule has 0 spiro atoms. The molecular weight excluding hydrogens is 524 g/mol. The van der Waals surface area contributed by atoms with E-state index in [1.54, 1.807) is 25.7 Å². The van der Waals surface area contributed by atoms with Crippen LogP contribution in [0.2, 0.25) is 0 Å². The summed E-state index contributed by atoms with van der Waals surface area (Å²) in [5.74, 6) is 0.948. The molecule has 1 atom stereocenters. The molecule has 0 saturated carbocycles. The van der Waals surface area contributed by atoms with E-state index in [1.165, 1.54) is 16.9 Å². The van der Waals surface area contributed by atoms with Crippen molar-refractivity contribution in [2.75, 3.05) is 27.4 Å². The summed E-state index contributed by atoms with van der Waals surface area (Å²) in [7, 11) is 3.23. The van der Waals surface area contributed by atoms with E-state index in [0.717, 1.165) is 28.0 Å². The molecule has 1 aliphatic heterocycles. The summed E-state index contributed by atoms with van der Waals surface area (Å²) in [4.78, 5) is 32.6. The second-order valence-electron chi connectivity index (χ2n) is 10.6. The lowest BCUT2D eigenvalue weighted by Gasteiger charge is -2.25. The number of fused-ring (bicyclic) bond motifs is 1. The van der Waals surface area contributed by atoms with Gasteiger partial charge in [0.1, 0.15) is 12.4 Å². The van der Waals surface area contributed by atoms with Crippen molar-refractivity contribution in [3.05, 3.63) is 95.2 Å². The standard InChI is InChI=1S/C32H38N2O5S/c1-18(2)22-9-11-23(12-10-22)29-28(31(36)39-14-13-37-7)21(6)33-32-34(29)30(35)27(40-32)17-24-16-25(19(3)4)26(38-8)15-20(24)5/h9-12,15-19,29H,13-14H2,1-8H3. The van der Waals surface area contributed by atoms with Gasteiger partial charge in [0.15, 0.2) is 4.80 Å². The van der Waals surface area contributed by atoms with Crippen LogP contribution in [0.15, 0.2) is 57.5 Å². The first-order chi connectivity index (χ1) is 19.1. The van der Waals surface area contributed by atoms with E-state index in [0.29, 0.717) is 26.5 Å². The van der Waals surface area contributed by atoms with Crippen LogP contribution >= 0.6 is 11.3 Å². The number of aromatic nitrogens is 1. The summed E-state index contributed by atoms with van der Waals surface area (Å²) in [6.45, 7) is 12.7. The quantitative estimate of drug-likeness (QED) is 0.271. The average Bonchev–Trinajstić information content (AvgIpc) is 3.22. The van der Waals surface area contributed by atoms with Crippen LogP contribution < -0.4 is 19.6 Å². The number of allylic oxidation sites excluding steroid dienone is 1. The molecule has 40 heavy (non-hydrogen) atoms. The first-order valence-corrected chi connectivity index (χ1v) is 14.4. The number of methoxy groups -OCH3 is 2. The van der Waals surface area contributed by atoms with Crippen molar-refractivity contribution in [2.24, 2.45) is 4.99 Å². The van der Waals surface area contributed by atoms with Crippen molar-refractivity contribution in [3.8, 4) is 5.75 Å². The SMILES string of the molecule is COCCOC(=O)C1=C(C)N=c2sc(=Cc3cc(C(C)C)c(OC)cc3C)c(=O)n2C1c1ccc(C(C)C)cc1. The third kappa shape index (κ3) is 5.83. The molecule has 1 aliphatic rings. The number of carbonyl (C=O) groups excluding carboxylic acids is 1. The molecule has 212 valence electrons. The van der Waals surface area contributed by atoms with Gasteiger partial charge in [-0.1, -0.05) is 63.3 Å². The van der Waals surface area contributed by atoms with E-state index in [2.05, 4.69) is 33.8 Å². The summed E-state index contributed by atoms with van der Waals surface area (Å²) in [5.41, 5.74) is 5.73. The van der Waals surface area contributed by atoms with E-state index in [4.69, 9.17) is 19.2 Å². The molecule has 1 aromatic heterocycles. The lowest BCUT2D eigenvalue weighted by atomic mass is 9.93. The summed E-state index contributed by atoms with van der Waals surface area (Å²) in [6, 6.07) is 11.5. The zero-order valence-electron chi connectivity index (χ0n) is 24.5. The molecule has 3 aromatic rings. The molecule has 4 rings (SSSR count). The van der Waals surface area contributed by atoms with Gasteiger partial charge in [0.25, 0.3) is 5.56 Å². The summed E-state index contributed by atoms with van der Waals surface area (Å²) < 4.78 is 18.4. The minimum atomic E-state index is -0.655. The molecule has 0 fully saturated rings. The molecule has 8 heteroatoms. The summed E-state index contributed by atoms with van der Waals surface area (Å²) in [6.07, 6.45) is 1.92. The number of benzene rings is 2. The van der Waals surface area contributed by atoms with Crippen LogP contribution in [-0.4, -0.2) is 38.0 Å². The molecule has 1 unspecified atom stereocenters. The first-order valence-electron chi connectivity index (χ1n) is 13.5. The van der Waals surface area contributed by atoms with Crippen molar-refractivity contribution < 1.29 is 19.0 Å². The highest BCUT2D eigenvalue weighted by molar-refractivity contribution is 7.07. The van der Waals surface area contributed by atoms with Gasteiger partial charge in [-0.15, -0.1) is 0 Å². The van der Waals surface area contributed by atoms with Crippen molar-refractivity contribution in [3.63, 3.8) is 0 Å². The Morgan fingerprint density at radius 3 is 2.35 bits per heavy atom. The Balaban J connectivity index is 1.91. The molecule has 0 amide bonds.